The Balaban J connectivity index is 1.17. The molecule has 1 heterocycles. The summed E-state index contributed by atoms with van der Waals surface area (Å²) in [5.41, 5.74) is 9.34. The number of para-hydroxylation sites is 4. The molecule has 9 aromatic carbocycles. The van der Waals surface area contributed by atoms with E-state index in [-0.39, 0.29) is 5.82 Å². The largest absolute Gasteiger partial charge is 0.309 e. The van der Waals surface area contributed by atoms with Crippen LogP contribution in [0.2, 0.25) is 0 Å². The van der Waals surface area contributed by atoms with Crippen molar-refractivity contribution in [1.82, 2.24) is 4.57 Å². The summed E-state index contributed by atoms with van der Waals surface area (Å²) in [4.78, 5) is 2.01. The zero-order valence-electron chi connectivity index (χ0n) is 27.4. The first-order valence-corrected chi connectivity index (χ1v) is 17.1. The first-order chi connectivity index (χ1) is 24.7. The average molecular weight is 643 g/mol. The SMILES string of the molecule is Cc1ccccc1N(c1ccc(-c2ccc3ccc4c5c(ccc2c35)cc2c4c3ccccc3n2-c2ccccc2)cc1)c1ccccc1F. The molecule has 0 spiro atoms. The Kier molecular flexibility index (Phi) is 6.31. The lowest BCUT2D eigenvalue weighted by atomic mass is 9.88. The van der Waals surface area contributed by atoms with Crippen LogP contribution in [0.4, 0.5) is 21.5 Å². The molecule has 0 saturated heterocycles. The summed E-state index contributed by atoms with van der Waals surface area (Å²) < 4.78 is 17.7. The number of aromatic nitrogens is 1. The van der Waals surface area contributed by atoms with E-state index in [4.69, 9.17) is 0 Å². The first-order valence-electron chi connectivity index (χ1n) is 17.1. The molecule has 0 N–H and O–H groups in total. The Labute approximate surface area is 289 Å². The Bertz CT molecular complexity index is 2840. The van der Waals surface area contributed by atoms with E-state index < -0.39 is 0 Å². The number of fused-ring (bicyclic) bond motifs is 4. The van der Waals surface area contributed by atoms with Gasteiger partial charge in [-0.2, -0.15) is 0 Å². The van der Waals surface area contributed by atoms with Gasteiger partial charge in [-0.1, -0.05) is 115 Å². The van der Waals surface area contributed by atoms with Crippen molar-refractivity contribution in [3.63, 3.8) is 0 Å². The van der Waals surface area contributed by atoms with Crippen molar-refractivity contribution >= 4 is 71.2 Å². The number of nitrogens with zero attached hydrogens (tertiary/aromatic N) is 2. The Morgan fingerprint density at radius 2 is 1.14 bits per heavy atom. The molecule has 0 aliphatic carbocycles. The maximum Gasteiger partial charge on any atom is 0.147 e. The van der Waals surface area contributed by atoms with Gasteiger partial charge in [0.2, 0.25) is 0 Å². The van der Waals surface area contributed by atoms with E-state index in [0.29, 0.717) is 5.69 Å². The minimum absolute atomic E-state index is 0.257. The van der Waals surface area contributed by atoms with Crippen molar-refractivity contribution in [2.24, 2.45) is 0 Å². The van der Waals surface area contributed by atoms with Gasteiger partial charge in [-0.25, -0.2) is 4.39 Å². The van der Waals surface area contributed by atoms with Gasteiger partial charge < -0.3 is 9.47 Å². The highest BCUT2D eigenvalue weighted by Gasteiger charge is 2.21. The third-order valence-corrected chi connectivity index (χ3v) is 10.3. The smallest absolute Gasteiger partial charge is 0.147 e. The maximum absolute atomic E-state index is 15.3. The summed E-state index contributed by atoms with van der Waals surface area (Å²) in [5.74, 6) is -0.257. The molecule has 2 nitrogen and oxygen atoms in total. The van der Waals surface area contributed by atoms with Gasteiger partial charge in [-0.15, -0.1) is 0 Å². The molecule has 10 aromatic rings. The maximum atomic E-state index is 15.3. The number of anilines is 3. The Hall–Kier alpha value is -6.45. The summed E-state index contributed by atoms with van der Waals surface area (Å²) in [6, 6.07) is 59.1. The number of benzene rings is 9. The van der Waals surface area contributed by atoms with Crippen LogP contribution in [0.15, 0.2) is 170 Å². The molecule has 0 atom stereocenters. The molecule has 0 radical (unpaired) electrons. The lowest BCUT2D eigenvalue weighted by molar-refractivity contribution is 0.629. The normalized spacial score (nSPS) is 11.8. The van der Waals surface area contributed by atoms with Gasteiger partial charge in [0.1, 0.15) is 5.82 Å². The highest BCUT2D eigenvalue weighted by Crippen LogP contribution is 2.45. The van der Waals surface area contributed by atoms with Crippen LogP contribution >= 0.6 is 0 Å². The molecule has 10 rings (SSSR count). The Morgan fingerprint density at radius 1 is 0.480 bits per heavy atom. The van der Waals surface area contributed by atoms with Gasteiger partial charge >= 0.3 is 0 Å². The van der Waals surface area contributed by atoms with Crippen LogP contribution in [0.3, 0.4) is 0 Å². The quantitative estimate of drug-likeness (QED) is 0.170. The Morgan fingerprint density at radius 3 is 1.96 bits per heavy atom. The van der Waals surface area contributed by atoms with Crippen molar-refractivity contribution in [1.29, 1.82) is 0 Å². The van der Waals surface area contributed by atoms with E-state index in [1.165, 1.54) is 65.8 Å². The molecule has 236 valence electrons. The van der Waals surface area contributed by atoms with Gasteiger partial charge in [0.15, 0.2) is 0 Å². The monoisotopic (exact) mass is 642 g/mol. The molecule has 1 aromatic heterocycles. The summed E-state index contributed by atoms with van der Waals surface area (Å²) in [7, 11) is 0. The van der Waals surface area contributed by atoms with Crippen molar-refractivity contribution < 1.29 is 4.39 Å². The number of halogens is 1. The molecule has 0 aliphatic rings. The third-order valence-electron chi connectivity index (χ3n) is 10.3. The third kappa shape index (κ3) is 4.20. The minimum Gasteiger partial charge on any atom is -0.309 e. The zero-order valence-corrected chi connectivity index (χ0v) is 27.4. The van der Waals surface area contributed by atoms with Gasteiger partial charge in [0.05, 0.1) is 16.7 Å². The summed E-state index contributed by atoms with van der Waals surface area (Å²) in [6.45, 7) is 2.06. The van der Waals surface area contributed by atoms with Crippen LogP contribution in [-0.2, 0) is 0 Å². The van der Waals surface area contributed by atoms with Crippen molar-refractivity contribution in [2.75, 3.05) is 4.90 Å². The fourth-order valence-electron chi connectivity index (χ4n) is 8.08. The van der Waals surface area contributed by atoms with E-state index in [2.05, 4.69) is 139 Å². The fraction of sp³-hybridized carbons (Fsp3) is 0.0213. The van der Waals surface area contributed by atoms with Crippen LogP contribution in [0.5, 0.6) is 0 Å². The predicted molar refractivity (Wildman–Crippen MR) is 209 cm³/mol. The standard InChI is InChI=1S/C47H31FN2/c1-30-11-5-8-16-41(30)49(43-18-10-7-15-40(43)48)35-24-19-31(20-25-35)36-26-21-32-22-28-39-46-33(23-27-37(36)45(32)46)29-44-47(39)38-14-6-9-17-42(38)50(44)34-12-3-2-4-13-34/h2-29H,1H3. The molecule has 0 saturated carbocycles. The summed E-state index contributed by atoms with van der Waals surface area (Å²) in [5, 5.41) is 10.1. The van der Waals surface area contributed by atoms with Crippen LogP contribution < -0.4 is 4.90 Å². The second-order valence-electron chi connectivity index (χ2n) is 13.1. The van der Waals surface area contributed by atoms with Crippen molar-refractivity contribution in [2.45, 2.75) is 6.92 Å². The van der Waals surface area contributed by atoms with Crippen LogP contribution in [-0.4, -0.2) is 4.57 Å². The zero-order chi connectivity index (χ0) is 33.3. The minimum atomic E-state index is -0.257. The molecule has 3 heteroatoms. The summed E-state index contributed by atoms with van der Waals surface area (Å²) in [6.07, 6.45) is 0. The number of aryl methyl sites for hydroxylation is 1. The molecule has 0 aliphatic heterocycles. The van der Waals surface area contributed by atoms with Crippen LogP contribution in [0, 0.1) is 12.7 Å². The number of rotatable bonds is 5. The molecule has 50 heavy (non-hydrogen) atoms. The van der Waals surface area contributed by atoms with E-state index in [1.807, 2.05) is 35.2 Å². The fourth-order valence-corrected chi connectivity index (χ4v) is 8.08. The van der Waals surface area contributed by atoms with Gasteiger partial charge in [0, 0.05) is 27.8 Å². The lowest BCUT2D eigenvalue weighted by Crippen LogP contribution is -2.12. The topological polar surface area (TPSA) is 8.17 Å². The first kappa shape index (κ1) is 28.6. The molecular formula is C47H31FN2. The van der Waals surface area contributed by atoms with Crippen LogP contribution in [0.25, 0.3) is 70.9 Å². The van der Waals surface area contributed by atoms with E-state index >= 15 is 4.39 Å². The number of hydrogen-bond acceptors (Lipinski definition) is 1. The van der Waals surface area contributed by atoms with E-state index in [1.54, 1.807) is 6.07 Å². The van der Waals surface area contributed by atoms with E-state index in [9.17, 15) is 0 Å². The predicted octanol–water partition coefficient (Wildman–Crippen LogP) is 13.3. The van der Waals surface area contributed by atoms with Crippen molar-refractivity contribution in [3.05, 3.63) is 181 Å². The molecule has 0 fully saturated rings. The number of hydrogen-bond donors (Lipinski definition) is 0. The molecule has 0 unspecified atom stereocenters. The summed E-state index contributed by atoms with van der Waals surface area (Å²) >= 11 is 0. The molecule has 0 bridgehead atoms. The molecule has 0 amide bonds. The van der Waals surface area contributed by atoms with Gasteiger partial charge in [0.25, 0.3) is 0 Å². The van der Waals surface area contributed by atoms with Crippen LogP contribution in [0.1, 0.15) is 5.56 Å². The second kappa shape index (κ2) is 11.0. The molecular weight excluding hydrogens is 612 g/mol. The highest BCUT2D eigenvalue weighted by atomic mass is 19.1. The van der Waals surface area contributed by atoms with E-state index in [0.717, 1.165) is 28.2 Å². The van der Waals surface area contributed by atoms with Crippen molar-refractivity contribution in [3.8, 4) is 16.8 Å². The van der Waals surface area contributed by atoms with Gasteiger partial charge in [-0.3, -0.25) is 0 Å². The highest BCUT2D eigenvalue weighted by molar-refractivity contribution is 6.34. The second-order valence-corrected chi connectivity index (χ2v) is 13.1. The van der Waals surface area contributed by atoms with Gasteiger partial charge in [-0.05, 0) is 111 Å². The lowest BCUT2D eigenvalue weighted by Gasteiger charge is -2.27. The average Bonchev–Trinajstić information content (AvgIpc) is 3.50.